The number of phenolic OH excluding ortho intramolecular Hbond substituents is 1. The highest BCUT2D eigenvalue weighted by atomic mass is 35.5. The molecule has 6 heteroatoms. The topological polar surface area (TPSA) is 66.4 Å². The summed E-state index contributed by atoms with van der Waals surface area (Å²) in [6, 6.07) is 2.97. The van der Waals surface area contributed by atoms with Crippen molar-refractivity contribution in [2.75, 3.05) is 10.5 Å². The molecular weight excluding hydrogens is 274 g/mol. The van der Waals surface area contributed by atoms with Gasteiger partial charge in [-0.1, -0.05) is 25.4 Å². The van der Waals surface area contributed by atoms with Crippen molar-refractivity contribution in [2.24, 2.45) is 5.92 Å². The summed E-state index contributed by atoms with van der Waals surface area (Å²) in [4.78, 5) is 0. The zero-order valence-electron chi connectivity index (χ0n) is 10.7. The number of hydrogen-bond acceptors (Lipinski definition) is 3. The molecule has 0 aromatic heterocycles. The molecule has 0 aliphatic rings. The summed E-state index contributed by atoms with van der Waals surface area (Å²) in [6.45, 7) is 5.57. The van der Waals surface area contributed by atoms with Gasteiger partial charge in [-0.25, -0.2) is 8.42 Å². The molecule has 0 atom stereocenters. The fourth-order valence-electron chi connectivity index (χ4n) is 1.42. The van der Waals surface area contributed by atoms with E-state index in [-0.39, 0.29) is 17.2 Å². The van der Waals surface area contributed by atoms with Gasteiger partial charge in [0.2, 0.25) is 10.0 Å². The van der Waals surface area contributed by atoms with Crippen molar-refractivity contribution in [1.29, 1.82) is 0 Å². The van der Waals surface area contributed by atoms with Crippen molar-refractivity contribution in [2.45, 2.75) is 27.2 Å². The van der Waals surface area contributed by atoms with Crippen molar-refractivity contribution in [1.82, 2.24) is 0 Å². The van der Waals surface area contributed by atoms with E-state index in [1.807, 2.05) is 13.8 Å². The van der Waals surface area contributed by atoms with Crippen LogP contribution in [0.4, 0.5) is 5.69 Å². The van der Waals surface area contributed by atoms with Gasteiger partial charge in [0.05, 0.1) is 11.4 Å². The van der Waals surface area contributed by atoms with Crippen molar-refractivity contribution < 1.29 is 13.5 Å². The standard InChI is InChI=1S/C12H18ClNO3S/c1-8(2)4-5-18(16,17)14-11-7-10(13)6-9(3)12(11)15/h6-8,14-15H,4-5H2,1-3H3. The molecule has 0 fully saturated rings. The lowest BCUT2D eigenvalue weighted by atomic mass is 10.2. The van der Waals surface area contributed by atoms with E-state index in [0.29, 0.717) is 22.9 Å². The summed E-state index contributed by atoms with van der Waals surface area (Å²) >= 11 is 5.83. The van der Waals surface area contributed by atoms with E-state index in [0.717, 1.165) is 0 Å². The van der Waals surface area contributed by atoms with Gasteiger partial charge in [-0.3, -0.25) is 4.72 Å². The van der Waals surface area contributed by atoms with Crippen LogP contribution in [0, 0.1) is 12.8 Å². The molecule has 102 valence electrons. The van der Waals surface area contributed by atoms with Crippen LogP contribution in [-0.4, -0.2) is 19.3 Å². The normalized spacial score (nSPS) is 11.8. The van der Waals surface area contributed by atoms with Crippen LogP contribution in [-0.2, 0) is 10.0 Å². The molecule has 0 aliphatic carbocycles. The maximum atomic E-state index is 11.8. The number of rotatable bonds is 5. The van der Waals surface area contributed by atoms with Crippen LogP contribution in [0.3, 0.4) is 0 Å². The first kappa shape index (κ1) is 15.1. The highest BCUT2D eigenvalue weighted by Gasteiger charge is 2.15. The molecule has 18 heavy (non-hydrogen) atoms. The Kier molecular flexibility index (Phi) is 4.87. The van der Waals surface area contributed by atoms with Crippen molar-refractivity contribution in [3.8, 4) is 5.75 Å². The van der Waals surface area contributed by atoms with E-state index in [9.17, 15) is 13.5 Å². The number of aryl methyl sites for hydroxylation is 1. The molecule has 0 heterocycles. The quantitative estimate of drug-likeness (QED) is 0.819. The molecule has 1 rings (SSSR count). The second kappa shape index (κ2) is 5.80. The molecule has 0 saturated carbocycles. The Morgan fingerprint density at radius 1 is 1.39 bits per heavy atom. The lowest BCUT2D eigenvalue weighted by Crippen LogP contribution is -2.18. The van der Waals surface area contributed by atoms with Crippen LogP contribution >= 0.6 is 11.6 Å². The molecule has 1 aromatic carbocycles. The van der Waals surface area contributed by atoms with Crippen molar-refractivity contribution in [3.05, 3.63) is 22.7 Å². The number of anilines is 1. The molecular formula is C12H18ClNO3S. The van der Waals surface area contributed by atoms with Crippen molar-refractivity contribution >= 4 is 27.3 Å². The van der Waals surface area contributed by atoms with Gasteiger partial charge < -0.3 is 5.11 Å². The first-order valence-electron chi connectivity index (χ1n) is 5.71. The Balaban J connectivity index is 2.91. The molecule has 0 spiro atoms. The number of benzene rings is 1. The van der Waals surface area contributed by atoms with E-state index >= 15 is 0 Å². The minimum absolute atomic E-state index is 0.0235. The van der Waals surface area contributed by atoms with E-state index in [1.54, 1.807) is 13.0 Å². The van der Waals surface area contributed by atoms with Crippen LogP contribution < -0.4 is 4.72 Å². The first-order valence-corrected chi connectivity index (χ1v) is 7.74. The predicted octanol–water partition coefficient (Wildman–Crippen LogP) is 3.14. The van der Waals surface area contributed by atoms with Gasteiger partial charge in [0.25, 0.3) is 0 Å². The summed E-state index contributed by atoms with van der Waals surface area (Å²) in [5, 5.41) is 10.2. The van der Waals surface area contributed by atoms with Gasteiger partial charge >= 0.3 is 0 Å². The van der Waals surface area contributed by atoms with Crippen LogP contribution in [0.15, 0.2) is 12.1 Å². The van der Waals surface area contributed by atoms with Crippen LogP contribution in [0.1, 0.15) is 25.8 Å². The van der Waals surface area contributed by atoms with Crippen LogP contribution in [0.2, 0.25) is 5.02 Å². The third-order valence-corrected chi connectivity index (χ3v) is 4.02. The second-order valence-electron chi connectivity index (χ2n) is 4.72. The fraction of sp³-hybridized carbons (Fsp3) is 0.500. The Morgan fingerprint density at radius 2 is 2.00 bits per heavy atom. The number of halogens is 1. The molecule has 0 radical (unpaired) electrons. The maximum absolute atomic E-state index is 11.8. The SMILES string of the molecule is Cc1cc(Cl)cc(NS(=O)(=O)CCC(C)C)c1O. The number of sulfonamides is 1. The number of phenols is 1. The van der Waals surface area contributed by atoms with Gasteiger partial charge in [-0.05, 0) is 37.0 Å². The Hall–Kier alpha value is -0.940. The van der Waals surface area contributed by atoms with Crippen LogP contribution in [0.25, 0.3) is 0 Å². The third-order valence-electron chi connectivity index (χ3n) is 2.49. The molecule has 1 aromatic rings. The largest absolute Gasteiger partial charge is 0.505 e. The van der Waals surface area contributed by atoms with E-state index in [2.05, 4.69) is 4.72 Å². The Morgan fingerprint density at radius 3 is 2.56 bits per heavy atom. The molecule has 0 saturated heterocycles. The van der Waals surface area contributed by atoms with Gasteiger partial charge in [0, 0.05) is 5.02 Å². The average molecular weight is 292 g/mol. The fourth-order valence-corrected chi connectivity index (χ4v) is 3.07. The predicted molar refractivity (Wildman–Crippen MR) is 74.7 cm³/mol. The zero-order valence-corrected chi connectivity index (χ0v) is 12.3. The molecule has 0 unspecified atom stereocenters. The minimum atomic E-state index is -3.45. The summed E-state index contributed by atoms with van der Waals surface area (Å²) in [6.07, 6.45) is 0.565. The molecule has 0 amide bonds. The lowest BCUT2D eigenvalue weighted by molar-refractivity contribution is 0.473. The second-order valence-corrected chi connectivity index (χ2v) is 7.00. The molecule has 4 nitrogen and oxygen atoms in total. The number of aromatic hydroxyl groups is 1. The summed E-state index contributed by atoms with van der Waals surface area (Å²) < 4.78 is 26.0. The van der Waals surface area contributed by atoms with Gasteiger partial charge in [-0.2, -0.15) is 0 Å². The molecule has 0 aliphatic heterocycles. The highest BCUT2D eigenvalue weighted by Crippen LogP contribution is 2.31. The van der Waals surface area contributed by atoms with Crippen molar-refractivity contribution in [3.63, 3.8) is 0 Å². The summed E-state index contributed by atoms with van der Waals surface area (Å²) in [5.74, 6) is 0.235. The van der Waals surface area contributed by atoms with Gasteiger partial charge in [0.15, 0.2) is 0 Å². The summed E-state index contributed by atoms with van der Waals surface area (Å²) in [5.41, 5.74) is 0.660. The Bertz CT molecular complexity index is 526. The minimum Gasteiger partial charge on any atom is -0.505 e. The van der Waals surface area contributed by atoms with E-state index in [4.69, 9.17) is 11.6 Å². The van der Waals surface area contributed by atoms with Gasteiger partial charge in [0.1, 0.15) is 5.75 Å². The third kappa shape index (κ3) is 4.38. The molecule has 2 N–H and O–H groups in total. The summed E-state index contributed by atoms with van der Waals surface area (Å²) in [7, 11) is -3.45. The Labute approximate surface area is 113 Å². The number of nitrogens with one attached hydrogen (secondary N) is 1. The highest BCUT2D eigenvalue weighted by molar-refractivity contribution is 7.92. The molecule has 0 bridgehead atoms. The van der Waals surface area contributed by atoms with Crippen LogP contribution in [0.5, 0.6) is 5.75 Å². The monoisotopic (exact) mass is 291 g/mol. The van der Waals surface area contributed by atoms with E-state index in [1.165, 1.54) is 6.07 Å². The maximum Gasteiger partial charge on any atom is 0.232 e. The first-order chi connectivity index (χ1) is 8.21. The van der Waals surface area contributed by atoms with Gasteiger partial charge in [-0.15, -0.1) is 0 Å². The average Bonchev–Trinajstić information content (AvgIpc) is 2.22. The zero-order chi connectivity index (χ0) is 13.9. The lowest BCUT2D eigenvalue weighted by Gasteiger charge is -2.12. The number of hydrogen-bond donors (Lipinski definition) is 2. The van der Waals surface area contributed by atoms with E-state index < -0.39 is 10.0 Å². The smallest absolute Gasteiger partial charge is 0.232 e.